The van der Waals surface area contributed by atoms with E-state index in [1.54, 1.807) is 0 Å². The molecule has 1 atom stereocenters. The SMILES string of the molecule is CCNC(Cc1ccc(F)cc1Br)c1cccc(Br)c1C. The topological polar surface area (TPSA) is 12.0 Å². The lowest BCUT2D eigenvalue weighted by Gasteiger charge is -2.22. The Labute approximate surface area is 142 Å². The molecule has 2 aromatic rings. The number of benzene rings is 2. The number of halogens is 3. The quantitative estimate of drug-likeness (QED) is 0.675. The van der Waals surface area contributed by atoms with Gasteiger partial charge in [-0.25, -0.2) is 4.39 Å². The van der Waals surface area contributed by atoms with Crippen molar-refractivity contribution >= 4 is 31.9 Å². The third kappa shape index (κ3) is 4.15. The van der Waals surface area contributed by atoms with Gasteiger partial charge in [0.25, 0.3) is 0 Å². The lowest BCUT2D eigenvalue weighted by atomic mass is 9.95. The predicted octanol–water partition coefficient (Wildman–Crippen LogP) is 5.55. The average molecular weight is 415 g/mol. The van der Waals surface area contributed by atoms with Crippen LogP contribution in [0.1, 0.15) is 29.7 Å². The second-order valence-corrected chi connectivity index (χ2v) is 6.71. The van der Waals surface area contributed by atoms with E-state index in [-0.39, 0.29) is 11.9 Å². The minimum atomic E-state index is -0.218. The Kier molecular flexibility index (Phi) is 5.97. The highest BCUT2D eigenvalue weighted by atomic mass is 79.9. The molecule has 1 N–H and O–H groups in total. The van der Waals surface area contributed by atoms with E-state index in [4.69, 9.17) is 0 Å². The fourth-order valence-electron chi connectivity index (χ4n) is 2.45. The van der Waals surface area contributed by atoms with E-state index in [0.29, 0.717) is 0 Å². The van der Waals surface area contributed by atoms with Gasteiger partial charge in [-0.1, -0.05) is 57.0 Å². The first-order valence-electron chi connectivity index (χ1n) is 6.95. The van der Waals surface area contributed by atoms with Crippen LogP contribution in [-0.2, 0) is 6.42 Å². The summed E-state index contributed by atoms with van der Waals surface area (Å²) in [6.45, 7) is 5.10. The van der Waals surface area contributed by atoms with Gasteiger partial charge in [0.2, 0.25) is 0 Å². The standard InChI is InChI=1S/C17H18Br2FN/c1-3-21-17(14-5-4-6-15(18)11(14)2)9-12-7-8-13(20)10-16(12)19/h4-8,10,17,21H,3,9H2,1-2H3. The number of hydrogen-bond acceptors (Lipinski definition) is 1. The predicted molar refractivity (Wildman–Crippen MR) is 93.1 cm³/mol. The summed E-state index contributed by atoms with van der Waals surface area (Å²) in [5, 5.41) is 3.52. The molecule has 4 heteroatoms. The van der Waals surface area contributed by atoms with Crippen molar-refractivity contribution in [2.24, 2.45) is 0 Å². The highest BCUT2D eigenvalue weighted by molar-refractivity contribution is 9.10. The van der Waals surface area contributed by atoms with Gasteiger partial charge in [0.1, 0.15) is 5.82 Å². The third-order valence-corrected chi connectivity index (χ3v) is 5.17. The molecule has 0 aliphatic rings. The molecule has 0 saturated heterocycles. The molecule has 0 aromatic heterocycles. The molecule has 0 fully saturated rings. The summed E-state index contributed by atoms with van der Waals surface area (Å²) in [5.41, 5.74) is 3.60. The fourth-order valence-corrected chi connectivity index (χ4v) is 3.34. The van der Waals surface area contributed by atoms with Crippen molar-refractivity contribution in [3.63, 3.8) is 0 Å². The number of rotatable bonds is 5. The van der Waals surface area contributed by atoms with Gasteiger partial charge in [0.05, 0.1) is 0 Å². The molecule has 1 nitrogen and oxygen atoms in total. The molecule has 0 saturated carbocycles. The smallest absolute Gasteiger partial charge is 0.124 e. The molecule has 21 heavy (non-hydrogen) atoms. The van der Waals surface area contributed by atoms with E-state index in [1.807, 2.05) is 6.07 Å². The largest absolute Gasteiger partial charge is 0.310 e. The molecule has 112 valence electrons. The number of hydrogen-bond donors (Lipinski definition) is 1. The molecular weight excluding hydrogens is 397 g/mol. The normalized spacial score (nSPS) is 12.4. The Hall–Kier alpha value is -0.710. The Morgan fingerprint density at radius 3 is 2.57 bits per heavy atom. The minimum absolute atomic E-state index is 0.203. The van der Waals surface area contributed by atoms with Crippen LogP contribution < -0.4 is 5.32 Å². The maximum Gasteiger partial charge on any atom is 0.124 e. The van der Waals surface area contributed by atoms with Gasteiger partial charge >= 0.3 is 0 Å². The van der Waals surface area contributed by atoms with Crippen molar-refractivity contribution in [1.29, 1.82) is 0 Å². The average Bonchev–Trinajstić information content (AvgIpc) is 2.44. The van der Waals surface area contributed by atoms with Gasteiger partial charge in [-0.15, -0.1) is 0 Å². The summed E-state index contributed by atoms with van der Waals surface area (Å²) in [7, 11) is 0. The van der Waals surface area contributed by atoms with Crippen LogP contribution in [0, 0.1) is 12.7 Å². The van der Waals surface area contributed by atoms with E-state index in [1.165, 1.54) is 23.3 Å². The van der Waals surface area contributed by atoms with Crippen LogP contribution in [-0.4, -0.2) is 6.54 Å². The van der Waals surface area contributed by atoms with Crippen molar-refractivity contribution in [2.75, 3.05) is 6.54 Å². The van der Waals surface area contributed by atoms with Crippen LogP contribution >= 0.6 is 31.9 Å². The third-order valence-electron chi connectivity index (χ3n) is 3.57. The van der Waals surface area contributed by atoms with Gasteiger partial charge in [0.15, 0.2) is 0 Å². The molecule has 0 amide bonds. The summed E-state index contributed by atoms with van der Waals surface area (Å²) < 4.78 is 15.2. The van der Waals surface area contributed by atoms with E-state index >= 15 is 0 Å². The molecule has 1 unspecified atom stereocenters. The molecular formula is C17H18Br2FN. The maximum atomic E-state index is 13.2. The van der Waals surface area contributed by atoms with Crippen LogP contribution in [0.3, 0.4) is 0 Å². The van der Waals surface area contributed by atoms with E-state index < -0.39 is 0 Å². The van der Waals surface area contributed by atoms with Crippen LogP contribution in [0.25, 0.3) is 0 Å². The zero-order chi connectivity index (χ0) is 15.4. The summed E-state index contributed by atoms with van der Waals surface area (Å²) in [6, 6.07) is 11.3. The first kappa shape index (κ1) is 16.7. The molecule has 2 aromatic carbocycles. The zero-order valence-electron chi connectivity index (χ0n) is 12.1. The lowest BCUT2D eigenvalue weighted by molar-refractivity contribution is 0.545. The molecule has 2 rings (SSSR count). The molecule has 0 spiro atoms. The first-order valence-corrected chi connectivity index (χ1v) is 8.53. The first-order chi connectivity index (χ1) is 10.0. The summed E-state index contributed by atoms with van der Waals surface area (Å²) >= 11 is 7.04. The Bertz CT molecular complexity index is 628. The van der Waals surface area contributed by atoms with E-state index in [0.717, 1.165) is 27.5 Å². The lowest BCUT2D eigenvalue weighted by Crippen LogP contribution is -2.24. The molecule has 0 radical (unpaired) electrons. The summed E-state index contributed by atoms with van der Waals surface area (Å²) in [5.74, 6) is -0.218. The van der Waals surface area contributed by atoms with Crippen LogP contribution in [0.5, 0.6) is 0 Å². The van der Waals surface area contributed by atoms with Crippen molar-refractivity contribution in [3.8, 4) is 0 Å². The van der Waals surface area contributed by atoms with Gasteiger partial charge in [0, 0.05) is 15.0 Å². The monoisotopic (exact) mass is 413 g/mol. The van der Waals surface area contributed by atoms with Crippen molar-refractivity contribution in [3.05, 3.63) is 67.9 Å². The van der Waals surface area contributed by atoms with Crippen LogP contribution in [0.4, 0.5) is 4.39 Å². The Balaban J connectivity index is 2.33. The van der Waals surface area contributed by atoms with Gasteiger partial charge < -0.3 is 5.32 Å². The number of likely N-dealkylation sites (N-methyl/N-ethyl adjacent to an activating group) is 1. The Morgan fingerprint density at radius 2 is 1.90 bits per heavy atom. The van der Waals surface area contributed by atoms with Crippen molar-refractivity contribution in [2.45, 2.75) is 26.3 Å². The maximum absolute atomic E-state index is 13.2. The zero-order valence-corrected chi connectivity index (χ0v) is 15.3. The van der Waals surface area contributed by atoms with Gasteiger partial charge in [-0.2, -0.15) is 0 Å². The molecule has 0 heterocycles. The summed E-state index contributed by atoms with van der Waals surface area (Å²) in [4.78, 5) is 0. The number of nitrogens with one attached hydrogen (secondary N) is 1. The Morgan fingerprint density at radius 1 is 1.14 bits per heavy atom. The fraction of sp³-hybridized carbons (Fsp3) is 0.294. The van der Waals surface area contributed by atoms with E-state index in [2.05, 4.69) is 69.2 Å². The van der Waals surface area contributed by atoms with Crippen molar-refractivity contribution in [1.82, 2.24) is 5.32 Å². The second kappa shape index (κ2) is 7.52. The van der Waals surface area contributed by atoms with Crippen LogP contribution in [0.15, 0.2) is 45.3 Å². The highest BCUT2D eigenvalue weighted by Gasteiger charge is 2.16. The minimum Gasteiger partial charge on any atom is -0.310 e. The molecule has 0 bridgehead atoms. The van der Waals surface area contributed by atoms with E-state index in [9.17, 15) is 4.39 Å². The molecule has 0 aliphatic carbocycles. The van der Waals surface area contributed by atoms with Crippen molar-refractivity contribution < 1.29 is 4.39 Å². The van der Waals surface area contributed by atoms with Gasteiger partial charge in [-0.3, -0.25) is 0 Å². The second-order valence-electron chi connectivity index (χ2n) is 5.00. The molecule has 0 aliphatic heterocycles. The van der Waals surface area contributed by atoms with Gasteiger partial charge in [-0.05, 0) is 54.8 Å². The summed E-state index contributed by atoms with van der Waals surface area (Å²) in [6.07, 6.45) is 0.812. The van der Waals surface area contributed by atoms with Crippen LogP contribution in [0.2, 0.25) is 0 Å². The highest BCUT2D eigenvalue weighted by Crippen LogP contribution is 2.29.